The lowest BCUT2D eigenvalue weighted by Gasteiger charge is -2.22. The molecule has 0 aliphatic heterocycles. The van der Waals surface area contributed by atoms with E-state index in [9.17, 15) is 0 Å². The highest BCUT2D eigenvalue weighted by molar-refractivity contribution is 7.99. The Bertz CT molecular complexity index is 126. The molecule has 1 aliphatic carbocycles. The van der Waals surface area contributed by atoms with Crippen molar-refractivity contribution in [1.82, 2.24) is 0 Å². The molecule has 0 saturated heterocycles. The lowest BCUT2D eigenvalue weighted by molar-refractivity contribution is 0.352. The molecule has 85 valence electrons. The molecule has 1 rings (SSSR count). The molecule has 1 saturated carbocycles. The van der Waals surface area contributed by atoms with E-state index < -0.39 is 0 Å². The van der Waals surface area contributed by atoms with Crippen molar-refractivity contribution in [3.8, 4) is 0 Å². The van der Waals surface area contributed by atoms with Crippen LogP contribution < -0.4 is 5.73 Å². The van der Waals surface area contributed by atoms with E-state index in [4.69, 9.17) is 5.73 Å². The highest BCUT2D eigenvalue weighted by atomic mass is 35.5. The zero-order valence-corrected chi connectivity index (χ0v) is 10.7. The molecule has 1 nitrogen and oxygen atoms in total. The summed E-state index contributed by atoms with van der Waals surface area (Å²) in [6.45, 7) is 2.17. The largest absolute Gasteiger partial charge is 0.319 e. The number of nitrogens with two attached hydrogens (primary N) is 1. The fraction of sp³-hybridized carbons (Fsp3) is 0.909. The van der Waals surface area contributed by atoms with Crippen molar-refractivity contribution in [1.29, 1.82) is 0 Å². The van der Waals surface area contributed by atoms with Crippen LogP contribution in [0.15, 0.2) is 0 Å². The Labute approximate surface area is 99.0 Å². The Balaban J connectivity index is 0.00000169. The van der Waals surface area contributed by atoms with Crippen LogP contribution >= 0.6 is 24.2 Å². The van der Waals surface area contributed by atoms with E-state index in [-0.39, 0.29) is 17.8 Å². The number of hydrogen-bond acceptors (Lipinski definition) is 2. The molecular weight excluding hydrogens is 214 g/mol. The van der Waals surface area contributed by atoms with Gasteiger partial charge in [-0.15, -0.1) is 24.2 Å². The van der Waals surface area contributed by atoms with Gasteiger partial charge in [0.1, 0.15) is 0 Å². The molecule has 0 aromatic rings. The molecular formula is C11H23ClNS. The summed E-state index contributed by atoms with van der Waals surface area (Å²) in [5.74, 6) is 2.07. The maximum Gasteiger partial charge on any atom is 0.0539 e. The van der Waals surface area contributed by atoms with E-state index in [2.05, 4.69) is 13.3 Å². The summed E-state index contributed by atoms with van der Waals surface area (Å²) in [7, 11) is 0. The summed E-state index contributed by atoms with van der Waals surface area (Å²) in [5, 5.41) is 0.270. The topological polar surface area (TPSA) is 26.0 Å². The van der Waals surface area contributed by atoms with Gasteiger partial charge in [0.25, 0.3) is 0 Å². The average Bonchev–Trinajstić information content (AvgIpc) is 2.17. The first kappa shape index (κ1) is 14.6. The van der Waals surface area contributed by atoms with Crippen LogP contribution in [0.2, 0.25) is 0 Å². The Hall–Kier alpha value is 0.600. The predicted octanol–water partition coefficient (Wildman–Crippen LogP) is 3.62. The first-order valence-corrected chi connectivity index (χ1v) is 6.58. The molecule has 1 radical (unpaired) electrons. The number of halogens is 1. The Morgan fingerprint density at radius 3 is 2.57 bits per heavy atom. The van der Waals surface area contributed by atoms with Gasteiger partial charge in [-0.05, 0) is 24.5 Å². The second-order valence-electron chi connectivity index (χ2n) is 3.90. The minimum absolute atomic E-state index is 0. The van der Waals surface area contributed by atoms with Crippen molar-refractivity contribution in [3.63, 3.8) is 0 Å². The van der Waals surface area contributed by atoms with Crippen molar-refractivity contribution < 1.29 is 0 Å². The van der Waals surface area contributed by atoms with Gasteiger partial charge in [-0.3, -0.25) is 0 Å². The van der Waals surface area contributed by atoms with Crippen molar-refractivity contribution in [3.05, 3.63) is 6.42 Å². The van der Waals surface area contributed by atoms with Crippen LogP contribution in [-0.2, 0) is 0 Å². The number of hydrogen-bond donors (Lipinski definition) is 1. The summed E-state index contributed by atoms with van der Waals surface area (Å²) in [4.78, 5) is 0. The molecule has 0 unspecified atom stereocenters. The van der Waals surface area contributed by atoms with E-state index in [1.807, 2.05) is 11.8 Å². The van der Waals surface area contributed by atoms with E-state index in [0.29, 0.717) is 0 Å². The first-order chi connectivity index (χ1) is 6.33. The molecule has 2 N–H and O–H groups in total. The van der Waals surface area contributed by atoms with Crippen LogP contribution in [-0.4, -0.2) is 11.1 Å². The highest BCUT2D eigenvalue weighted by Gasteiger charge is 2.14. The Kier molecular flexibility index (Phi) is 9.25. The SMILES string of the molecule is CCS[C@H](N)[CH]CC1CCCCC1.Cl. The monoisotopic (exact) mass is 236 g/mol. The summed E-state index contributed by atoms with van der Waals surface area (Å²) in [6.07, 6.45) is 10.7. The summed E-state index contributed by atoms with van der Waals surface area (Å²) >= 11 is 1.84. The fourth-order valence-corrected chi connectivity index (χ4v) is 2.64. The van der Waals surface area contributed by atoms with Crippen LogP contribution in [0.3, 0.4) is 0 Å². The fourth-order valence-electron chi connectivity index (χ4n) is 2.01. The second-order valence-corrected chi connectivity index (χ2v) is 5.35. The molecule has 14 heavy (non-hydrogen) atoms. The zero-order chi connectivity index (χ0) is 9.52. The first-order valence-electron chi connectivity index (χ1n) is 5.53. The smallest absolute Gasteiger partial charge is 0.0539 e. The van der Waals surface area contributed by atoms with E-state index in [1.165, 1.54) is 38.5 Å². The summed E-state index contributed by atoms with van der Waals surface area (Å²) in [5.41, 5.74) is 5.91. The van der Waals surface area contributed by atoms with E-state index in [1.54, 1.807) is 0 Å². The molecule has 0 amide bonds. The van der Waals surface area contributed by atoms with Crippen LogP contribution in [0.4, 0.5) is 0 Å². The van der Waals surface area contributed by atoms with Crippen molar-refractivity contribution >= 4 is 24.2 Å². The zero-order valence-electron chi connectivity index (χ0n) is 9.08. The summed E-state index contributed by atoms with van der Waals surface area (Å²) < 4.78 is 0. The van der Waals surface area contributed by atoms with Gasteiger partial charge in [0.15, 0.2) is 0 Å². The third-order valence-electron chi connectivity index (χ3n) is 2.79. The maximum absolute atomic E-state index is 5.91. The number of thioether (sulfide) groups is 1. The maximum atomic E-state index is 5.91. The van der Waals surface area contributed by atoms with Gasteiger partial charge >= 0.3 is 0 Å². The third-order valence-corrected chi connectivity index (χ3v) is 3.70. The van der Waals surface area contributed by atoms with Crippen molar-refractivity contribution in [2.75, 3.05) is 5.75 Å². The van der Waals surface area contributed by atoms with Crippen LogP contribution in [0, 0.1) is 12.3 Å². The lowest BCUT2D eigenvalue weighted by atomic mass is 9.86. The van der Waals surface area contributed by atoms with Gasteiger partial charge in [-0.25, -0.2) is 0 Å². The molecule has 1 fully saturated rings. The van der Waals surface area contributed by atoms with Crippen LogP contribution in [0.1, 0.15) is 45.4 Å². The standard InChI is InChI=1S/C11H22NS.ClH/c1-2-13-11(12)9-8-10-6-4-3-5-7-10;/h9-11H,2-8,12H2,1H3;1H/t11-;/m0./s1. The van der Waals surface area contributed by atoms with E-state index in [0.717, 1.165) is 11.7 Å². The molecule has 3 heteroatoms. The third kappa shape index (κ3) is 6.15. The summed E-state index contributed by atoms with van der Waals surface area (Å²) in [6, 6.07) is 0. The molecule has 1 atom stereocenters. The van der Waals surface area contributed by atoms with Gasteiger partial charge in [0, 0.05) is 0 Å². The van der Waals surface area contributed by atoms with Crippen molar-refractivity contribution in [2.24, 2.45) is 11.7 Å². The lowest BCUT2D eigenvalue weighted by Crippen LogP contribution is -2.18. The molecule has 0 spiro atoms. The van der Waals surface area contributed by atoms with Crippen LogP contribution in [0.25, 0.3) is 0 Å². The van der Waals surface area contributed by atoms with Crippen LogP contribution in [0.5, 0.6) is 0 Å². The highest BCUT2D eigenvalue weighted by Crippen LogP contribution is 2.28. The van der Waals surface area contributed by atoms with Gasteiger partial charge in [0.2, 0.25) is 0 Å². The minimum Gasteiger partial charge on any atom is -0.319 e. The second kappa shape index (κ2) is 8.87. The molecule has 0 aromatic heterocycles. The predicted molar refractivity (Wildman–Crippen MR) is 68.8 cm³/mol. The van der Waals surface area contributed by atoms with Gasteiger partial charge in [-0.2, -0.15) is 0 Å². The minimum atomic E-state index is 0. The molecule has 0 aromatic carbocycles. The molecule has 1 aliphatic rings. The normalized spacial score (nSPS) is 20.1. The van der Waals surface area contributed by atoms with Gasteiger partial charge < -0.3 is 5.73 Å². The Morgan fingerprint density at radius 2 is 2.00 bits per heavy atom. The average molecular weight is 237 g/mol. The van der Waals surface area contributed by atoms with E-state index >= 15 is 0 Å². The molecule has 0 bridgehead atoms. The van der Waals surface area contributed by atoms with Crippen molar-refractivity contribution in [2.45, 2.75) is 50.8 Å². The number of rotatable bonds is 5. The van der Waals surface area contributed by atoms with Gasteiger partial charge in [0.05, 0.1) is 5.37 Å². The molecule has 0 heterocycles. The quantitative estimate of drug-likeness (QED) is 0.738. The van der Waals surface area contributed by atoms with Gasteiger partial charge in [-0.1, -0.05) is 39.0 Å². The Morgan fingerprint density at radius 1 is 1.36 bits per heavy atom.